The van der Waals surface area contributed by atoms with E-state index in [1.165, 1.54) is 10.4 Å². The number of aromatic nitrogens is 2. The Labute approximate surface area is 143 Å². The lowest BCUT2D eigenvalue weighted by molar-refractivity contribution is 1.14. The quantitative estimate of drug-likeness (QED) is 0.585. The number of aromatic amines is 1. The molecule has 116 valence electrons. The number of hydrogen-bond donors (Lipinski definition) is 1. The molecular formula is C20H14N2OS. The van der Waals surface area contributed by atoms with Crippen LogP contribution < -0.4 is 5.56 Å². The van der Waals surface area contributed by atoms with Crippen LogP contribution in [0.1, 0.15) is 10.7 Å². The summed E-state index contributed by atoms with van der Waals surface area (Å²) in [6.45, 7) is 0. The molecule has 0 saturated carbocycles. The zero-order chi connectivity index (χ0) is 16.4. The molecule has 0 fully saturated rings. The minimum atomic E-state index is -0.114. The Hall–Kier alpha value is -2.98. The predicted octanol–water partition coefficient (Wildman–Crippen LogP) is 4.82. The van der Waals surface area contributed by atoms with Crippen LogP contribution >= 0.6 is 11.3 Å². The lowest BCUT2D eigenvalue weighted by Gasteiger charge is -1.98. The first-order chi connectivity index (χ1) is 11.8. The Bertz CT molecular complexity index is 1080. The third-order valence-corrected chi connectivity index (χ3v) is 4.82. The second kappa shape index (κ2) is 6.26. The van der Waals surface area contributed by atoms with Crippen LogP contribution in [0, 0.1) is 0 Å². The third kappa shape index (κ3) is 2.92. The molecule has 4 heteroatoms. The van der Waals surface area contributed by atoms with Gasteiger partial charge in [0.15, 0.2) is 0 Å². The Morgan fingerprint density at radius 3 is 2.54 bits per heavy atom. The van der Waals surface area contributed by atoms with Crippen molar-refractivity contribution in [3.05, 3.63) is 87.8 Å². The summed E-state index contributed by atoms with van der Waals surface area (Å²) in [5.41, 5.74) is 1.80. The van der Waals surface area contributed by atoms with E-state index in [1.807, 2.05) is 48.6 Å². The van der Waals surface area contributed by atoms with E-state index in [9.17, 15) is 4.79 Å². The molecule has 0 radical (unpaired) electrons. The maximum atomic E-state index is 12.1. The van der Waals surface area contributed by atoms with E-state index in [-0.39, 0.29) is 5.56 Å². The highest BCUT2D eigenvalue weighted by atomic mass is 32.1. The van der Waals surface area contributed by atoms with E-state index in [0.717, 1.165) is 4.88 Å². The van der Waals surface area contributed by atoms with Gasteiger partial charge in [-0.2, -0.15) is 0 Å². The minimum Gasteiger partial charge on any atom is -0.306 e. The van der Waals surface area contributed by atoms with Gasteiger partial charge in [-0.3, -0.25) is 4.79 Å². The molecule has 0 amide bonds. The molecule has 0 aliphatic rings. The summed E-state index contributed by atoms with van der Waals surface area (Å²) in [6.07, 6.45) is 3.82. The molecule has 2 heterocycles. The summed E-state index contributed by atoms with van der Waals surface area (Å²) in [5.74, 6) is 0.563. The Morgan fingerprint density at radius 1 is 0.875 bits per heavy atom. The Morgan fingerprint density at radius 2 is 1.67 bits per heavy atom. The van der Waals surface area contributed by atoms with E-state index in [0.29, 0.717) is 16.7 Å². The first-order valence-electron chi connectivity index (χ1n) is 7.62. The predicted molar refractivity (Wildman–Crippen MR) is 101 cm³/mol. The molecule has 1 N–H and O–H groups in total. The minimum absolute atomic E-state index is 0.114. The van der Waals surface area contributed by atoms with Crippen molar-refractivity contribution in [3.63, 3.8) is 0 Å². The fourth-order valence-electron chi connectivity index (χ4n) is 2.54. The van der Waals surface area contributed by atoms with Crippen LogP contribution in [0.4, 0.5) is 0 Å². The lowest BCUT2D eigenvalue weighted by atomic mass is 10.2. The molecule has 0 unspecified atom stereocenters. The second-order valence-electron chi connectivity index (χ2n) is 5.37. The van der Waals surface area contributed by atoms with Crippen LogP contribution in [0.15, 0.2) is 71.5 Å². The van der Waals surface area contributed by atoms with Gasteiger partial charge in [0.05, 0.1) is 10.9 Å². The highest BCUT2D eigenvalue weighted by Crippen LogP contribution is 2.28. The van der Waals surface area contributed by atoms with Crippen LogP contribution in [0.25, 0.3) is 33.5 Å². The number of nitrogens with zero attached hydrogens (tertiary/aromatic N) is 1. The van der Waals surface area contributed by atoms with Crippen molar-refractivity contribution in [2.24, 2.45) is 0 Å². The van der Waals surface area contributed by atoms with Crippen molar-refractivity contribution in [3.8, 4) is 10.4 Å². The van der Waals surface area contributed by atoms with Gasteiger partial charge in [0, 0.05) is 9.75 Å². The fourth-order valence-corrected chi connectivity index (χ4v) is 3.46. The van der Waals surface area contributed by atoms with Gasteiger partial charge in [-0.1, -0.05) is 42.5 Å². The van der Waals surface area contributed by atoms with E-state index in [1.54, 1.807) is 17.4 Å². The van der Waals surface area contributed by atoms with Gasteiger partial charge in [0.25, 0.3) is 5.56 Å². The number of H-pyrrole nitrogens is 1. The maximum Gasteiger partial charge on any atom is 0.259 e. The average molecular weight is 330 g/mol. The molecule has 0 aliphatic heterocycles. The van der Waals surface area contributed by atoms with Gasteiger partial charge in [-0.15, -0.1) is 11.3 Å². The molecule has 4 aromatic rings. The molecule has 0 spiro atoms. The zero-order valence-corrected chi connectivity index (χ0v) is 13.6. The number of fused-ring (bicyclic) bond motifs is 1. The van der Waals surface area contributed by atoms with Gasteiger partial charge in [0.1, 0.15) is 5.82 Å². The zero-order valence-electron chi connectivity index (χ0n) is 12.8. The molecular weight excluding hydrogens is 316 g/mol. The van der Waals surface area contributed by atoms with Gasteiger partial charge >= 0.3 is 0 Å². The topological polar surface area (TPSA) is 45.8 Å². The van der Waals surface area contributed by atoms with Crippen LogP contribution in [-0.4, -0.2) is 9.97 Å². The molecule has 3 nitrogen and oxygen atoms in total. The number of benzene rings is 2. The smallest absolute Gasteiger partial charge is 0.259 e. The second-order valence-corrected chi connectivity index (χ2v) is 6.49. The first-order valence-corrected chi connectivity index (χ1v) is 8.44. The third-order valence-electron chi connectivity index (χ3n) is 3.72. The highest BCUT2D eigenvalue weighted by molar-refractivity contribution is 7.16. The summed E-state index contributed by atoms with van der Waals surface area (Å²) in [5, 5.41) is 0.608. The van der Waals surface area contributed by atoms with E-state index >= 15 is 0 Å². The largest absolute Gasteiger partial charge is 0.306 e. The molecule has 2 aromatic heterocycles. The van der Waals surface area contributed by atoms with Crippen LogP contribution in [-0.2, 0) is 0 Å². The Balaban J connectivity index is 1.64. The summed E-state index contributed by atoms with van der Waals surface area (Å²) in [7, 11) is 0. The Kier molecular flexibility index (Phi) is 3.81. The lowest BCUT2D eigenvalue weighted by Crippen LogP contribution is -2.09. The van der Waals surface area contributed by atoms with E-state index in [2.05, 4.69) is 34.2 Å². The van der Waals surface area contributed by atoms with Gasteiger partial charge in [0.2, 0.25) is 0 Å². The number of nitrogens with one attached hydrogen (secondary N) is 1. The van der Waals surface area contributed by atoms with Crippen LogP contribution in [0.2, 0.25) is 0 Å². The van der Waals surface area contributed by atoms with E-state index in [4.69, 9.17) is 0 Å². The molecule has 24 heavy (non-hydrogen) atoms. The van der Waals surface area contributed by atoms with Crippen molar-refractivity contribution in [2.75, 3.05) is 0 Å². The van der Waals surface area contributed by atoms with Gasteiger partial charge < -0.3 is 4.98 Å². The van der Waals surface area contributed by atoms with Crippen molar-refractivity contribution < 1.29 is 0 Å². The van der Waals surface area contributed by atoms with Crippen molar-refractivity contribution >= 4 is 34.4 Å². The summed E-state index contributed by atoms with van der Waals surface area (Å²) in [6, 6.07) is 21.8. The molecule has 2 aromatic carbocycles. The molecule has 0 atom stereocenters. The van der Waals surface area contributed by atoms with Crippen LogP contribution in [0.5, 0.6) is 0 Å². The molecule has 0 bridgehead atoms. The number of hydrogen-bond acceptors (Lipinski definition) is 3. The van der Waals surface area contributed by atoms with E-state index < -0.39 is 0 Å². The summed E-state index contributed by atoms with van der Waals surface area (Å²) >= 11 is 1.71. The fraction of sp³-hybridized carbons (Fsp3) is 0. The summed E-state index contributed by atoms with van der Waals surface area (Å²) in [4.78, 5) is 21.7. The van der Waals surface area contributed by atoms with Crippen LogP contribution in [0.3, 0.4) is 0 Å². The first kappa shape index (κ1) is 14.6. The highest BCUT2D eigenvalue weighted by Gasteiger charge is 2.02. The van der Waals surface area contributed by atoms with Gasteiger partial charge in [-0.25, -0.2) is 4.98 Å². The van der Waals surface area contributed by atoms with Gasteiger partial charge in [-0.05, 0) is 42.0 Å². The standard InChI is InChI=1S/C20H14N2OS/c23-20-16-8-4-5-9-17(16)21-19(22-20)13-11-15-10-12-18(24-15)14-6-2-1-3-7-14/h1-13H,(H,21,22,23). The molecule has 4 rings (SSSR count). The SMILES string of the molecule is O=c1[nH]c(C=Cc2ccc(-c3ccccc3)s2)nc2ccccc12. The molecule has 0 aliphatic carbocycles. The number of para-hydroxylation sites is 1. The van der Waals surface area contributed by atoms with Crippen molar-refractivity contribution in [1.82, 2.24) is 9.97 Å². The van der Waals surface area contributed by atoms with Crippen molar-refractivity contribution in [2.45, 2.75) is 0 Å². The maximum absolute atomic E-state index is 12.1. The molecule has 0 saturated heterocycles. The number of rotatable bonds is 3. The van der Waals surface area contributed by atoms with Crippen molar-refractivity contribution in [1.29, 1.82) is 0 Å². The number of thiophene rings is 1. The normalized spacial score (nSPS) is 11.3. The average Bonchev–Trinajstić information content (AvgIpc) is 3.10. The monoisotopic (exact) mass is 330 g/mol. The summed E-state index contributed by atoms with van der Waals surface area (Å²) < 4.78 is 0.